The fourth-order valence-electron chi connectivity index (χ4n) is 2.77. The summed E-state index contributed by atoms with van der Waals surface area (Å²) in [5.41, 5.74) is 5.49. The van der Waals surface area contributed by atoms with Crippen molar-refractivity contribution in [2.24, 2.45) is 4.99 Å². The number of aliphatic imine (C=N–C) groups is 1. The zero-order chi connectivity index (χ0) is 18.6. The van der Waals surface area contributed by atoms with Crippen molar-refractivity contribution in [2.45, 2.75) is 6.92 Å². The maximum Gasteiger partial charge on any atom is 0.227 e. The van der Waals surface area contributed by atoms with Crippen LogP contribution in [0.4, 0.5) is 5.69 Å². The van der Waals surface area contributed by atoms with Crippen molar-refractivity contribution in [1.82, 2.24) is 4.98 Å². The first kappa shape index (κ1) is 17.3. The number of allylic oxidation sites excluding steroid dienone is 1. The Morgan fingerprint density at radius 1 is 1.00 bits per heavy atom. The van der Waals surface area contributed by atoms with Gasteiger partial charge in [0.15, 0.2) is 5.58 Å². The standard InChI is InChI=1S/C23H17ClN2O/c1-16-11-12-22-21(14-16)26-23(27-22)18-7-4-9-19(15-18)25-13-5-8-17-6-2-3-10-20(17)24/h2-15H,1H3. The van der Waals surface area contributed by atoms with Gasteiger partial charge in [-0.15, -0.1) is 0 Å². The molecule has 0 unspecified atom stereocenters. The summed E-state index contributed by atoms with van der Waals surface area (Å²) >= 11 is 6.14. The van der Waals surface area contributed by atoms with E-state index in [-0.39, 0.29) is 0 Å². The Morgan fingerprint density at radius 3 is 2.78 bits per heavy atom. The summed E-state index contributed by atoms with van der Waals surface area (Å²) in [4.78, 5) is 9.06. The second-order valence-corrected chi connectivity index (χ2v) is 6.61. The van der Waals surface area contributed by atoms with E-state index in [0.29, 0.717) is 5.89 Å². The lowest BCUT2D eigenvalue weighted by molar-refractivity contribution is 0.620. The summed E-state index contributed by atoms with van der Waals surface area (Å²) in [6.45, 7) is 2.04. The van der Waals surface area contributed by atoms with Gasteiger partial charge in [-0.3, -0.25) is 4.99 Å². The van der Waals surface area contributed by atoms with Gasteiger partial charge in [0.1, 0.15) is 5.52 Å². The maximum absolute atomic E-state index is 6.14. The van der Waals surface area contributed by atoms with Gasteiger partial charge >= 0.3 is 0 Å². The van der Waals surface area contributed by atoms with Crippen LogP contribution in [0.2, 0.25) is 5.02 Å². The zero-order valence-electron chi connectivity index (χ0n) is 14.8. The molecule has 0 aliphatic heterocycles. The van der Waals surface area contributed by atoms with Crippen LogP contribution in [0.1, 0.15) is 11.1 Å². The third kappa shape index (κ3) is 3.99. The molecule has 4 heteroatoms. The van der Waals surface area contributed by atoms with Gasteiger partial charge in [-0.2, -0.15) is 0 Å². The van der Waals surface area contributed by atoms with E-state index in [1.54, 1.807) is 6.21 Å². The third-order valence-electron chi connectivity index (χ3n) is 4.13. The lowest BCUT2D eigenvalue weighted by Gasteiger charge is -1.97. The first-order chi connectivity index (χ1) is 13.2. The Morgan fingerprint density at radius 2 is 1.89 bits per heavy atom. The number of aromatic nitrogens is 1. The smallest absolute Gasteiger partial charge is 0.227 e. The molecule has 132 valence electrons. The van der Waals surface area contributed by atoms with Crippen molar-refractivity contribution in [1.29, 1.82) is 0 Å². The van der Waals surface area contributed by atoms with Crippen LogP contribution >= 0.6 is 11.6 Å². The summed E-state index contributed by atoms with van der Waals surface area (Å²) in [5, 5.41) is 0.718. The minimum absolute atomic E-state index is 0.597. The van der Waals surface area contributed by atoms with Gasteiger partial charge in [0.2, 0.25) is 5.89 Å². The Kier molecular flexibility index (Phi) is 4.86. The van der Waals surface area contributed by atoms with E-state index in [1.807, 2.05) is 85.8 Å². The fraction of sp³-hybridized carbons (Fsp3) is 0.0435. The quantitative estimate of drug-likeness (QED) is 0.366. The number of halogens is 1. The first-order valence-electron chi connectivity index (χ1n) is 8.62. The van der Waals surface area contributed by atoms with E-state index in [9.17, 15) is 0 Å². The predicted octanol–water partition coefficient (Wildman–Crippen LogP) is 6.87. The highest BCUT2D eigenvalue weighted by Gasteiger charge is 2.08. The molecule has 0 fully saturated rings. The molecule has 27 heavy (non-hydrogen) atoms. The molecule has 0 N–H and O–H groups in total. The molecule has 4 aromatic rings. The molecule has 1 aromatic heterocycles. The number of aryl methyl sites for hydroxylation is 1. The third-order valence-corrected chi connectivity index (χ3v) is 4.47. The largest absolute Gasteiger partial charge is 0.436 e. The Balaban J connectivity index is 1.56. The monoisotopic (exact) mass is 372 g/mol. The van der Waals surface area contributed by atoms with E-state index in [4.69, 9.17) is 16.0 Å². The van der Waals surface area contributed by atoms with Crippen LogP contribution in [0.25, 0.3) is 28.6 Å². The topological polar surface area (TPSA) is 38.4 Å². The van der Waals surface area contributed by atoms with Gasteiger partial charge in [0, 0.05) is 16.8 Å². The minimum Gasteiger partial charge on any atom is -0.436 e. The van der Waals surface area contributed by atoms with Crippen molar-refractivity contribution < 1.29 is 4.42 Å². The molecule has 0 atom stereocenters. The van der Waals surface area contributed by atoms with Crippen molar-refractivity contribution in [2.75, 3.05) is 0 Å². The highest BCUT2D eigenvalue weighted by molar-refractivity contribution is 6.32. The highest BCUT2D eigenvalue weighted by Crippen LogP contribution is 2.27. The molecule has 0 aliphatic carbocycles. The Labute approximate surface area is 162 Å². The van der Waals surface area contributed by atoms with Gasteiger partial charge in [-0.05, 0) is 60.5 Å². The van der Waals surface area contributed by atoms with E-state index in [0.717, 1.165) is 38.5 Å². The molecule has 0 saturated carbocycles. The number of nitrogens with zero attached hydrogens (tertiary/aromatic N) is 2. The molecule has 0 bridgehead atoms. The average Bonchev–Trinajstić information content (AvgIpc) is 3.10. The number of hydrogen-bond donors (Lipinski definition) is 0. The van der Waals surface area contributed by atoms with E-state index >= 15 is 0 Å². The van der Waals surface area contributed by atoms with Crippen molar-refractivity contribution in [3.63, 3.8) is 0 Å². The van der Waals surface area contributed by atoms with E-state index in [2.05, 4.69) is 9.98 Å². The molecular weight excluding hydrogens is 356 g/mol. The highest BCUT2D eigenvalue weighted by atomic mass is 35.5. The first-order valence-corrected chi connectivity index (χ1v) is 9.00. The molecule has 4 rings (SSSR count). The number of benzene rings is 3. The summed E-state index contributed by atoms with van der Waals surface area (Å²) in [7, 11) is 0. The molecule has 0 radical (unpaired) electrons. The molecule has 1 heterocycles. The number of hydrogen-bond acceptors (Lipinski definition) is 3. The molecule has 3 nitrogen and oxygen atoms in total. The lowest BCUT2D eigenvalue weighted by Crippen LogP contribution is -1.77. The van der Waals surface area contributed by atoms with Crippen LogP contribution in [0.5, 0.6) is 0 Å². The molecule has 3 aromatic carbocycles. The SMILES string of the molecule is Cc1ccc2oc(-c3cccc(N=CC=Cc4ccccc4Cl)c3)nc2c1. The van der Waals surface area contributed by atoms with Gasteiger partial charge in [-0.25, -0.2) is 4.98 Å². The average molecular weight is 373 g/mol. The molecule has 0 aliphatic rings. The van der Waals surface area contributed by atoms with Crippen molar-refractivity contribution >= 4 is 40.7 Å². The molecule has 0 saturated heterocycles. The maximum atomic E-state index is 6.14. The van der Waals surface area contributed by atoms with Crippen LogP contribution < -0.4 is 0 Å². The Hall–Kier alpha value is -3.17. The van der Waals surface area contributed by atoms with Gasteiger partial charge in [0.05, 0.1) is 5.69 Å². The summed E-state index contributed by atoms with van der Waals surface area (Å²) in [6, 6.07) is 21.5. The van der Waals surface area contributed by atoms with Crippen LogP contribution in [-0.4, -0.2) is 11.2 Å². The van der Waals surface area contributed by atoms with Crippen LogP contribution in [0.3, 0.4) is 0 Å². The zero-order valence-corrected chi connectivity index (χ0v) is 15.5. The van der Waals surface area contributed by atoms with Crippen molar-refractivity contribution in [3.8, 4) is 11.5 Å². The number of oxazole rings is 1. The fourth-order valence-corrected chi connectivity index (χ4v) is 2.96. The summed E-state index contributed by atoms with van der Waals surface area (Å²) in [5.74, 6) is 0.597. The van der Waals surface area contributed by atoms with Gasteiger partial charge in [0.25, 0.3) is 0 Å². The Bertz CT molecular complexity index is 1160. The van der Waals surface area contributed by atoms with E-state index < -0.39 is 0 Å². The normalized spacial score (nSPS) is 11.8. The second kappa shape index (κ2) is 7.60. The van der Waals surface area contributed by atoms with Gasteiger partial charge < -0.3 is 4.42 Å². The molecule has 0 amide bonds. The van der Waals surface area contributed by atoms with Crippen LogP contribution in [0.15, 0.2) is 82.2 Å². The number of rotatable bonds is 4. The second-order valence-electron chi connectivity index (χ2n) is 6.20. The van der Waals surface area contributed by atoms with Crippen LogP contribution in [0, 0.1) is 6.92 Å². The van der Waals surface area contributed by atoms with Crippen molar-refractivity contribution in [3.05, 3.63) is 89.0 Å². The van der Waals surface area contributed by atoms with Gasteiger partial charge in [-0.1, -0.05) is 48.0 Å². The summed E-state index contributed by atoms with van der Waals surface area (Å²) < 4.78 is 5.87. The number of fused-ring (bicyclic) bond motifs is 1. The summed E-state index contributed by atoms with van der Waals surface area (Å²) in [6.07, 6.45) is 5.55. The molecular formula is C23H17ClN2O. The minimum atomic E-state index is 0.597. The lowest BCUT2D eigenvalue weighted by atomic mass is 10.2. The van der Waals surface area contributed by atoms with Crippen LogP contribution in [-0.2, 0) is 0 Å². The predicted molar refractivity (Wildman–Crippen MR) is 113 cm³/mol. The molecule has 0 spiro atoms. The van der Waals surface area contributed by atoms with E-state index in [1.165, 1.54) is 0 Å².